The number of rotatable bonds is 9. The highest BCUT2D eigenvalue weighted by molar-refractivity contribution is 6.09. The minimum Gasteiger partial charge on any atom is -0.500 e. The third-order valence-electron chi connectivity index (χ3n) is 3.75. The molecule has 0 aliphatic heterocycles. The van der Waals surface area contributed by atoms with Crippen LogP contribution in [0.1, 0.15) is 29.8 Å². The smallest absolute Gasteiger partial charge is 0.315 e. The summed E-state index contributed by atoms with van der Waals surface area (Å²) in [6, 6.07) is 7.50. The summed E-state index contributed by atoms with van der Waals surface area (Å²) in [5, 5.41) is 20.9. The van der Waals surface area contributed by atoms with Gasteiger partial charge in [-0.2, -0.15) is 0 Å². The molecule has 0 aromatic heterocycles. The molecule has 0 heterocycles. The molecular formula is C20H21NO7. The van der Waals surface area contributed by atoms with Crippen LogP contribution in [0, 0.1) is 10.1 Å². The average molecular weight is 387 g/mol. The highest BCUT2D eigenvalue weighted by atomic mass is 16.6. The van der Waals surface area contributed by atoms with Crippen LogP contribution in [0.4, 0.5) is 5.69 Å². The Labute approximate surface area is 162 Å². The van der Waals surface area contributed by atoms with Crippen LogP contribution in [-0.4, -0.2) is 36.1 Å². The largest absolute Gasteiger partial charge is 0.500 e. The Hall–Kier alpha value is -3.55. The van der Waals surface area contributed by atoms with Gasteiger partial charge < -0.3 is 19.3 Å². The van der Waals surface area contributed by atoms with Crippen LogP contribution < -0.4 is 14.2 Å². The van der Waals surface area contributed by atoms with Crippen molar-refractivity contribution in [2.75, 3.05) is 20.3 Å². The first kappa shape index (κ1) is 20.8. The molecule has 2 rings (SSSR count). The van der Waals surface area contributed by atoms with Crippen molar-refractivity contribution in [1.82, 2.24) is 0 Å². The fourth-order valence-electron chi connectivity index (χ4n) is 2.51. The predicted octanol–water partition coefficient (Wildman–Crippen LogP) is 4.00. The first-order valence-electron chi connectivity index (χ1n) is 8.58. The van der Waals surface area contributed by atoms with E-state index in [1.165, 1.54) is 25.3 Å². The first-order chi connectivity index (χ1) is 13.4. The molecule has 2 aromatic rings. The zero-order valence-corrected chi connectivity index (χ0v) is 15.8. The minimum atomic E-state index is -0.726. The Morgan fingerprint density at radius 1 is 1.14 bits per heavy atom. The quantitative estimate of drug-likeness (QED) is 0.300. The molecule has 2 aromatic carbocycles. The number of nitro benzene ring substituents is 1. The number of aromatic hydroxyl groups is 1. The van der Waals surface area contributed by atoms with Gasteiger partial charge in [-0.1, -0.05) is 6.08 Å². The number of benzene rings is 2. The Kier molecular flexibility index (Phi) is 6.97. The Balaban J connectivity index is 2.39. The molecule has 0 aliphatic rings. The van der Waals surface area contributed by atoms with Crippen LogP contribution in [0.25, 0.3) is 6.08 Å². The van der Waals surface area contributed by atoms with E-state index in [9.17, 15) is 20.0 Å². The van der Waals surface area contributed by atoms with Crippen LogP contribution in [0.15, 0.2) is 36.4 Å². The molecule has 0 atom stereocenters. The van der Waals surface area contributed by atoms with Gasteiger partial charge in [0.2, 0.25) is 5.75 Å². The molecule has 0 saturated carbocycles. The van der Waals surface area contributed by atoms with Crippen LogP contribution >= 0.6 is 0 Å². The molecule has 0 aliphatic carbocycles. The van der Waals surface area contributed by atoms with Gasteiger partial charge in [0.1, 0.15) is 11.5 Å². The topological polar surface area (TPSA) is 108 Å². The van der Waals surface area contributed by atoms with E-state index in [2.05, 4.69) is 0 Å². The van der Waals surface area contributed by atoms with Crippen molar-refractivity contribution in [2.24, 2.45) is 0 Å². The van der Waals surface area contributed by atoms with E-state index >= 15 is 0 Å². The molecule has 0 saturated heterocycles. The van der Waals surface area contributed by atoms with E-state index < -0.39 is 16.4 Å². The first-order valence-corrected chi connectivity index (χ1v) is 8.58. The molecule has 0 spiro atoms. The summed E-state index contributed by atoms with van der Waals surface area (Å²) in [5.74, 6) is -0.0483. The number of ketones is 1. The van der Waals surface area contributed by atoms with Gasteiger partial charge in [0, 0.05) is 6.07 Å². The molecule has 0 radical (unpaired) electrons. The zero-order chi connectivity index (χ0) is 20.7. The van der Waals surface area contributed by atoms with E-state index in [1.54, 1.807) is 18.2 Å². The number of carbonyl (C=O) groups excluding carboxylic acids is 1. The van der Waals surface area contributed by atoms with Crippen molar-refractivity contribution in [3.63, 3.8) is 0 Å². The summed E-state index contributed by atoms with van der Waals surface area (Å²) in [7, 11) is 1.28. The van der Waals surface area contributed by atoms with Crippen LogP contribution in [0.3, 0.4) is 0 Å². The van der Waals surface area contributed by atoms with Crippen LogP contribution in [0.2, 0.25) is 0 Å². The van der Waals surface area contributed by atoms with Gasteiger partial charge in [-0.05, 0) is 49.8 Å². The van der Waals surface area contributed by atoms with Crippen molar-refractivity contribution in [1.29, 1.82) is 0 Å². The maximum Gasteiger partial charge on any atom is 0.315 e. The molecule has 1 N–H and O–H groups in total. The molecule has 0 unspecified atom stereocenters. The van der Waals surface area contributed by atoms with Crippen LogP contribution in [0.5, 0.6) is 23.0 Å². The van der Waals surface area contributed by atoms with E-state index in [-0.39, 0.29) is 11.5 Å². The van der Waals surface area contributed by atoms with Crippen molar-refractivity contribution >= 4 is 17.5 Å². The number of phenolic OH excluding ortho intramolecular Hbond substituents is 1. The van der Waals surface area contributed by atoms with Crippen molar-refractivity contribution in [3.05, 3.63) is 57.6 Å². The number of nitro groups is 1. The number of hydrogen-bond acceptors (Lipinski definition) is 7. The van der Waals surface area contributed by atoms with E-state index in [0.717, 1.165) is 6.07 Å². The SMILES string of the molecule is CCOc1ccc(OCC)c(C(=O)/C=C/c2cc(OC)c(O)c([N+](=O)[O-])c2)c1. The van der Waals surface area contributed by atoms with Crippen molar-refractivity contribution in [3.8, 4) is 23.0 Å². The summed E-state index contributed by atoms with van der Waals surface area (Å²) in [4.78, 5) is 23.0. The van der Waals surface area contributed by atoms with E-state index in [1.807, 2.05) is 13.8 Å². The fraction of sp³-hybridized carbons (Fsp3) is 0.250. The maximum absolute atomic E-state index is 12.7. The Morgan fingerprint density at radius 2 is 1.86 bits per heavy atom. The van der Waals surface area contributed by atoms with E-state index in [4.69, 9.17) is 14.2 Å². The van der Waals surface area contributed by atoms with Gasteiger partial charge in [0.25, 0.3) is 0 Å². The lowest BCUT2D eigenvalue weighted by atomic mass is 10.1. The lowest BCUT2D eigenvalue weighted by Gasteiger charge is -2.10. The molecular weight excluding hydrogens is 366 g/mol. The summed E-state index contributed by atoms with van der Waals surface area (Å²) < 4.78 is 15.9. The predicted molar refractivity (Wildman–Crippen MR) is 103 cm³/mol. The highest BCUT2D eigenvalue weighted by Gasteiger charge is 2.19. The lowest BCUT2D eigenvalue weighted by Crippen LogP contribution is -2.03. The summed E-state index contributed by atoms with van der Waals surface area (Å²) >= 11 is 0. The highest BCUT2D eigenvalue weighted by Crippen LogP contribution is 2.37. The average Bonchev–Trinajstić information content (AvgIpc) is 2.68. The normalized spacial score (nSPS) is 10.7. The third kappa shape index (κ3) is 4.79. The van der Waals surface area contributed by atoms with Gasteiger partial charge in [-0.15, -0.1) is 0 Å². The fourth-order valence-corrected chi connectivity index (χ4v) is 2.51. The number of phenols is 1. The van der Waals surface area contributed by atoms with Crippen LogP contribution in [-0.2, 0) is 0 Å². The standard InChI is InChI=1S/C20H21NO7/c1-4-27-14-7-9-18(28-5-2)15(12-14)17(22)8-6-13-10-16(21(24)25)20(23)19(11-13)26-3/h6-12,23H,4-5H2,1-3H3/b8-6+. The van der Waals surface area contributed by atoms with Gasteiger partial charge in [0.05, 0.1) is 30.8 Å². The lowest BCUT2D eigenvalue weighted by molar-refractivity contribution is -0.386. The Bertz CT molecular complexity index is 906. The summed E-state index contributed by atoms with van der Waals surface area (Å²) in [6.45, 7) is 4.49. The number of allylic oxidation sites excluding steroid dienone is 1. The second-order valence-electron chi connectivity index (χ2n) is 5.57. The molecule has 148 valence electrons. The molecule has 28 heavy (non-hydrogen) atoms. The number of ether oxygens (including phenoxy) is 3. The van der Waals surface area contributed by atoms with Gasteiger partial charge in [-0.25, -0.2) is 0 Å². The molecule has 0 fully saturated rings. The van der Waals surface area contributed by atoms with E-state index in [0.29, 0.717) is 35.8 Å². The number of methoxy groups -OCH3 is 1. The molecule has 0 bridgehead atoms. The maximum atomic E-state index is 12.7. The Morgan fingerprint density at radius 3 is 2.46 bits per heavy atom. The van der Waals surface area contributed by atoms with Gasteiger partial charge in [0.15, 0.2) is 11.5 Å². The summed E-state index contributed by atoms with van der Waals surface area (Å²) in [6.07, 6.45) is 2.67. The zero-order valence-electron chi connectivity index (χ0n) is 15.8. The molecule has 8 heteroatoms. The minimum absolute atomic E-state index is 0.0605. The third-order valence-corrected chi connectivity index (χ3v) is 3.75. The monoisotopic (exact) mass is 387 g/mol. The van der Waals surface area contributed by atoms with Crippen molar-refractivity contribution < 1.29 is 29.0 Å². The van der Waals surface area contributed by atoms with Gasteiger partial charge >= 0.3 is 5.69 Å². The molecule has 8 nitrogen and oxygen atoms in total. The molecule has 0 amide bonds. The summed E-state index contributed by atoms with van der Waals surface area (Å²) in [5.41, 5.74) is 0.123. The van der Waals surface area contributed by atoms with Gasteiger partial charge in [-0.3, -0.25) is 14.9 Å². The van der Waals surface area contributed by atoms with Crippen molar-refractivity contribution in [2.45, 2.75) is 13.8 Å². The second kappa shape index (κ2) is 9.40. The number of nitrogens with zero attached hydrogens (tertiary/aromatic N) is 1. The number of carbonyl (C=O) groups is 1. The second-order valence-corrected chi connectivity index (χ2v) is 5.57. The number of hydrogen-bond donors (Lipinski definition) is 1.